The molecule has 1 amide bonds. The Bertz CT molecular complexity index is 828. The van der Waals surface area contributed by atoms with Crippen LogP contribution in [0.4, 0.5) is 0 Å². The van der Waals surface area contributed by atoms with E-state index in [2.05, 4.69) is 45.4 Å². The van der Waals surface area contributed by atoms with Crippen molar-refractivity contribution < 1.29 is 4.79 Å². The minimum Gasteiger partial charge on any atom is -0.355 e. The molecule has 3 rings (SSSR count). The lowest BCUT2D eigenvalue weighted by Gasteiger charge is -2.13. The number of carbonyl (C=O) groups is 1. The van der Waals surface area contributed by atoms with E-state index in [0.717, 1.165) is 29.4 Å². The maximum atomic E-state index is 12.4. The third kappa shape index (κ3) is 4.56. The van der Waals surface area contributed by atoms with Gasteiger partial charge in [0.1, 0.15) is 0 Å². The van der Waals surface area contributed by atoms with E-state index in [9.17, 15) is 4.79 Å². The number of rotatable bonds is 8. The highest BCUT2D eigenvalue weighted by Crippen LogP contribution is 2.28. The summed E-state index contributed by atoms with van der Waals surface area (Å²) in [6.45, 7) is 5.52. The molecule has 0 saturated heterocycles. The predicted molar refractivity (Wildman–Crippen MR) is 110 cm³/mol. The van der Waals surface area contributed by atoms with Crippen molar-refractivity contribution in [1.82, 2.24) is 14.9 Å². The zero-order valence-corrected chi connectivity index (χ0v) is 16.6. The molecule has 0 aliphatic heterocycles. The molecule has 26 heavy (non-hydrogen) atoms. The van der Waals surface area contributed by atoms with Gasteiger partial charge in [-0.05, 0) is 37.3 Å². The summed E-state index contributed by atoms with van der Waals surface area (Å²) < 4.78 is 2.16. The number of nitrogens with zero attached hydrogens (tertiary/aromatic N) is 2. The highest BCUT2D eigenvalue weighted by Gasteiger charge is 2.18. The Kier molecular flexibility index (Phi) is 6.52. The molecule has 0 fully saturated rings. The minimum atomic E-state index is -0.186. The smallest absolute Gasteiger partial charge is 0.233 e. The number of aromatic nitrogens is 2. The van der Waals surface area contributed by atoms with Crippen LogP contribution in [0.1, 0.15) is 18.7 Å². The predicted octanol–water partition coefficient (Wildman–Crippen LogP) is 4.47. The largest absolute Gasteiger partial charge is 0.355 e. The lowest BCUT2D eigenvalue weighted by molar-refractivity contribution is -0.120. The maximum absolute atomic E-state index is 12.4. The summed E-state index contributed by atoms with van der Waals surface area (Å²) in [4.78, 5) is 18.2. The maximum Gasteiger partial charge on any atom is 0.233 e. The highest BCUT2D eigenvalue weighted by atomic mass is 32.2. The standard InChI is InChI=1S/C20H23N3OS2/c1-3-23-18(16-8-5-4-6-9-16)14-22-20(23)26-15(2)19(24)21-12-11-17-10-7-13-25-17/h4-10,13-15H,3,11-12H2,1-2H3,(H,21,24)/t15-/m0/s1. The van der Waals surface area contributed by atoms with Crippen molar-refractivity contribution in [2.24, 2.45) is 0 Å². The first-order chi connectivity index (χ1) is 12.7. The van der Waals surface area contributed by atoms with E-state index in [4.69, 9.17) is 0 Å². The molecular weight excluding hydrogens is 362 g/mol. The molecule has 0 radical (unpaired) electrons. The van der Waals surface area contributed by atoms with Crippen LogP contribution < -0.4 is 5.32 Å². The lowest BCUT2D eigenvalue weighted by Crippen LogP contribution is -2.32. The van der Waals surface area contributed by atoms with E-state index in [-0.39, 0.29) is 11.2 Å². The van der Waals surface area contributed by atoms with Gasteiger partial charge in [-0.3, -0.25) is 4.79 Å². The second kappa shape index (κ2) is 9.05. The third-order valence-corrected chi connectivity index (χ3v) is 6.15. The Morgan fingerprint density at radius 2 is 2.08 bits per heavy atom. The fraction of sp³-hybridized carbons (Fsp3) is 0.300. The van der Waals surface area contributed by atoms with Crippen LogP contribution in [0, 0.1) is 0 Å². The van der Waals surface area contributed by atoms with Crippen LogP contribution in [0.3, 0.4) is 0 Å². The van der Waals surface area contributed by atoms with Gasteiger partial charge in [0.2, 0.25) is 5.91 Å². The fourth-order valence-corrected chi connectivity index (χ4v) is 4.40. The summed E-state index contributed by atoms with van der Waals surface area (Å²) in [5.41, 5.74) is 2.22. The first kappa shape index (κ1) is 18.7. The molecule has 6 heteroatoms. The number of nitrogens with one attached hydrogen (secondary N) is 1. The van der Waals surface area contributed by atoms with Gasteiger partial charge in [-0.25, -0.2) is 4.98 Å². The summed E-state index contributed by atoms with van der Waals surface area (Å²) in [6, 6.07) is 14.4. The van der Waals surface area contributed by atoms with Crippen LogP contribution in [0.25, 0.3) is 11.3 Å². The van der Waals surface area contributed by atoms with Gasteiger partial charge in [0.15, 0.2) is 5.16 Å². The molecular formula is C20H23N3OS2. The SMILES string of the molecule is CCn1c(-c2ccccc2)cnc1S[C@@H](C)C(=O)NCCc1cccs1. The fourth-order valence-electron chi connectivity index (χ4n) is 2.72. The Morgan fingerprint density at radius 1 is 1.27 bits per heavy atom. The Balaban J connectivity index is 1.61. The molecule has 0 unspecified atom stereocenters. The first-order valence-corrected chi connectivity index (χ1v) is 10.5. The number of thioether (sulfide) groups is 1. The van der Waals surface area contributed by atoms with Gasteiger partial charge < -0.3 is 9.88 Å². The molecule has 2 heterocycles. The number of benzene rings is 1. The van der Waals surface area contributed by atoms with Gasteiger partial charge in [0, 0.05) is 18.0 Å². The van der Waals surface area contributed by atoms with Crippen molar-refractivity contribution in [2.75, 3.05) is 6.54 Å². The number of hydrogen-bond acceptors (Lipinski definition) is 4. The monoisotopic (exact) mass is 385 g/mol. The van der Waals surface area contributed by atoms with E-state index < -0.39 is 0 Å². The molecule has 0 aliphatic rings. The second-order valence-corrected chi connectivity index (χ2v) is 8.26. The summed E-state index contributed by atoms with van der Waals surface area (Å²) in [6.07, 6.45) is 2.77. The quantitative estimate of drug-likeness (QED) is 0.582. The number of carbonyl (C=O) groups excluding carboxylic acids is 1. The Hall–Kier alpha value is -2.05. The molecule has 0 saturated carbocycles. The normalized spacial score (nSPS) is 12.1. The summed E-state index contributed by atoms with van der Waals surface area (Å²) in [5.74, 6) is 0.0541. The van der Waals surface area contributed by atoms with Gasteiger partial charge in [0.05, 0.1) is 17.1 Å². The van der Waals surface area contributed by atoms with Crippen LogP contribution in [-0.2, 0) is 17.8 Å². The molecule has 1 aromatic carbocycles. The van der Waals surface area contributed by atoms with Gasteiger partial charge >= 0.3 is 0 Å². The Labute approximate surface area is 162 Å². The van der Waals surface area contributed by atoms with Crippen molar-refractivity contribution in [3.05, 3.63) is 58.9 Å². The van der Waals surface area contributed by atoms with Crippen molar-refractivity contribution in [2.45, 2.75) is 37.2 Å². The molecule has 136 valence electrons. The topological polar surface area (TPSA) is 46.9 Å². The highest BCUT2D eigenvalue weighted by molar-refractivity contribution is 8.00. The molecule has 1 atom stereocenters. The van der Waals surface area contributed by atoms with Crippen molar-refractivity contribution in [1.29, 1.82) is 0 Å². The van der Waals surface area contributed by atoms with Gasteiger partial charge in [-0.2, -0.15) is 0 Å². The van der Waals surface area contributed by atoms with E-state index >= 15 is 0 Å². The summed E-state index contributed by atoms with van der Waals surface area (Å²) >= 11 is 3.23. The summed E-state index contributed by atoms with van der Waals surface area (Å²) in [7, 11) is 0. The average molecular weight is 386 g/mol. The lowest BCUT2D eigenvalue weighted by atomic mass is 10.2. The van der Waals surface area contributed by atoms with E-state index in [1.807, 2.05) is 37.4 Å². The van der Waals surface area contributed by atoms with E-state index in [1.54, 1.807) is 11.3 Å². The minimum absolute atomic E-state index is 0.0541. The number of amides is 1. The Morgan fingerprint density at radius 3 is 2.77 bits per heavy atom. The average Bonchev–Trinajstić information content (AvgIpc) is 3.32. The zero-order chi connectivity index (χ0) is 18.4. The molecule has 2 aromatic heterocycles. The van der Waals surface area contributed by atoms with Crippen LogP contribution in [0.2, 0.25) is 0 Å². The molecule has 3 aromatic rings. The van der Waals surface area contributed by atoms with Crippen LogP contribution in [-0.4, -0.2) is 27.3 Å². The van der Waals surface area contributed by atoms with E-state index in [0.29, 0.717) is 6.54 Å². The van der Waals surface area contributed by atoms with Crippen LogP contribution >= 0.6 is 23.1 Å². The third-order valence-electron chi connectivity index (χ3n) is 4.11. The number of hydrogen-bond donors (Lipinski definition) is 1. The zero-order valence-electron chi connectivity index (χ0n) is 15.0. The summed E-state index contributed by atoms with van der Waals surface area (Å²) in [5, 5.41) is 5.78. The molecule has 1 N–H and O–H groups in total. The number of thiophene rings is 1. The van der Waals surface area contributed by atoms with Crippen LogP contribution in [0.15, 0.2) is 59.2 Å². The number of imidazole rings is 1. The van der Waals surface area contributed by atoms with Gasteiger partial charge in [-0.15, -0.1) is 11.3 Å². The van der Waals surface area contributed by atoms with E-state index in [1.165, 1.54) is 16.6 Å². The first-order valence-electron chi connectivity index (χ1n) is 8.76. The van der Waals surface area contributed by atoms with Crippen molar-refractivity contribution in [3.8, 4) is 11.3 Å². The molecule has 0 aliphatic carbocycles. The van der Waals surface area contributed by atoms with Gasteiger partial charge in [-0.1, -0.05) is 48.2 Å². The molecule has 0 bridgehead atoms. The van der Waals surface area contributed by atoms with Crippen molar-refractivity contribution >= 4 is 29.0 Å². The van der Waals surface area contributed by atoms with Crippen LogP contribution in [0.5, 0.6) is 0 Å². The van der Waals surface area contributed by atoms with Crippen molar-refractivity contribution in [3.63, 3.8) is 0 Å². The van der Waals surface area contributed by atoms with Gasteiger partial charge in [0.25, 0.3) is 0 Å². The molecule has 4 nitrogen and oxygen atoms in total. The molecule has 0 spiro atoms. The second-order valence-electron chi connectivity index (χ2n) is 5.92.